The van der Waals surface area contributed by atoms with E-state index in [4.69, 9.17) is 4.98 Å². The highest BCUT2D eigenvalue weighted by Crippen LogP contribution is 2.40. The van der Waals surface area contributed by atoms with Crippen molar-refractivity contribution in [2.45, 2.75) is 44.2 Å². The molecule has 0 aliphatic carbocycles. The Morgan fingerprint density at radius 2 is 1.91 bits per heavy atom. The lowest BCUT2D eigenvalue weighted by molar-refractivity contribution is -0.134. The van der Waals surface area contributed by atoms with Crippen molar-refractivity contribution >= 4 is 34.2 Å². The van der Waals surface area contributed by atoms with Crippen molar-refractivity contribution in [3.05, 3.63) is 53.6 Å². The van der Waals surface area contributed by atoms with E-state index >= 15 is 0 Å². The summed E-state index contributed by atoms with van der Waals surface area (Å²) in [4.78, 5) is 43.6. The lowest BCUT2D eigenvalue weighted by atomic mass is 10.0. The molecule has 6 rings (SSSR count). The van der Waals surface area contributed by atoms with Gasteiger partial charge in [0.25, 0.3) is 5.91 Å². The lowest BCUT2D eigenvalue weighted by Crippen LogP contribution is -2.53. The van der Waals surface area contributed by atoms with Gasteiger partial charge in [-0.15, -0.1) is 0 Å². The number of amides is 3. The highest BCUT2D eigenvalue weighted by atomic mass is 16.2. The number of carbonyl (C=O) groups excluding carboxylic acids is 3. The van der Waals surface area contributed by atoms with Crippen LogP contribution >= 0.6 is 0 Å². The summed E-state index contributed by atoms with van der Waals surface area (Å²) in [6, 6.07) is 5.33. The summed E-state index contributed by atoms with van der Waals surface area (Å²) in [6.07, 6.45) is 8.95. The molecule has 0 radical (unpaired) electrons. The molecule has 1 unspecified atom stereocenters. The summed E-state index contributed by atoms with van der Waals surface area (Å²) in [7, 11) is 0. The van der Waals surface area contributed by atoms with Crippen molar-refractivity contribution in [1.82, 2.24) is 25.4 Å². The highest BCUT2D eigenvalue weighted by molar-refractivity contribution is 6.27. The van der Waals surface area contributed by atoms with E-state index in [0.29, 0.717) is 30.1 Å². The first-order valence-electron chi connectivity index (χ1n) is 11.4. The fourth-order valence-corrected chi connectivity index (χ4v) is 5.25. The molecule has 5 heterocycles. The van der Waals surface area contributed by atoms with Crippen molar-refractivity contribution < 1.29 is 14.4 Å². The Hall–Kier alpha value is -3.59. The van der Waals surface area contributed by atoms with E-state index < -0.39 is 11.9 Å². The number of nitrogens with zero attached hydrogens (tertiary/aromatic N) is 4. The smallest absolute Gasteiger partial charge is 0.259 e. The van der Waals surface area contributed by atoms with Crippen LogP contribution in [0.15, 0.2) is 36.8 Å². The minimum absolute atomic E-state index is 0.215. The quantitative estimate of drug-likeness (QED) is 0.593. The zero-order valence-corrected chi connectivity index (χ0v) is 18.1. The summed E-state index contributed by atoms with van der Waals surface area (Å²) < 4.78 is 2.06. The minimum atomic E-state index is -0.707. The van der Waals surface area contributed by atoms with Gasteiger partial charge in [-0.05, 0) is 44.0 Å². The van der Waals surface area contributed by atoms with Crippen molar-refractivity contribution in [2.24, 2.45) is 0 Å². The molecule has 0 spiro atoms. The highest BCUT2D eigenvalue weighted by Gasteiger charge is 2.41. The minimum Gasteiger partial charge on any atom is -0.317 e. The van der Waals surface area contributed by atoms with Gasteiger partial charge in [0.05, 0.1) is 29.8 Å². The number of carbonyl (C=O) groups is 3. The van der Waals surface area contributed by atoms with Gasteiger partial charge in [0.1, 0.15) is 6.04 Å². The van der Waals surface area contributed by atoms with Crippen molar-refractivity contribution in [3.63, 3.8) is 0 Å². The molecule has 0 saturated carbocycles. The molecule has 9 heteroatoms. The van der Waals surface area contributed by atoms with Crippen LogP contribution in [0.4, 0.5) is 5.69 Å². The monoisotopic (exact) mass is 444 g/mol. The van der Waals surface area contributed by atoms with E-state index in [-0.39, 0.29) is 18.2 Å². The summed E-state index contributed by atoms with van der Waals surface area (Å²) in [5.41, 5.74) is 3.15. The van der Waals surface area contributed by atoms with Crippen LogP contribution < -0.4 is 15.5 Å². The van der Waals surface area contributed by atoms with Gasteiger partial charge in [0, 0.05) is 35.4 Å². The molecule has 2 fully saturated rings. The predicted molar refractivity (Wildman–Crippen MR) is 121 cm³/mol. The first kappa shape index (κ1) is 20.0. The second kappa shape index (κ2) is 7.77. The van der Waals surface area contributed by atoms with Crippen LogP contribution in [0.25, 0.3) is 10.8 Å². The van der Waals surface area contributed by atoms with E-state index in [9.17, 15) is 14.4 Å². The predicted octanol–water partition coefficient (Wildman–Crippen LogP) is 1.71. The summed E-state index contributed by atoms with van der Waals surface area (Å²) in [5, 5.41) is 12.1. The maximum atomic E-state index is 13.3. The van der Waals surface area contributed by atoms with Gasteiger partial charge in [-0.25, -0.2) is 0 Å². The fourth-order valence-electron chi connectivity index (χ4n) is 5.25. The van der Waals surface area contributed by atoms with Gasteiger partial charge >= 0.3 is 0 Å². The molecule has 1 aromatic carbocycles. The molecule has 2 aromatic heterocycles. The summed E-state index contributed by atoms with van der Waals surface area (Å²) >= 11 is 0. The number of hydrogen-bond donors (Lipinski definition) is 2. The summed E-state index contributed by atoms with van der Waals surface area (Å²) in [6.45, 7) is 2.02. The van der Waals surface area contributed by atoms with Crippen LogP contribution in [-0.4, -0.2) is 51.6 Å². The number of rotatable bonds is 4. The molecular formula is C24H24N6O3. The van der Waals surface area contributed by atoms with Gasteiger partial charge in [-0.1, -0.05) is 12.1 Å². The summed E-state index contributed by atoms with van der Waals surface area (Å²) in [5.74, 6) is -0.957. The Morgan fingerprint density at radius 1 is 1.06 bits per heavy atom. The van der Waals surface area contributed by atoms with Crippen LogP contribution in [0.5, 0.6) is 0 Å². The van der Waals surface area contributed by atoms with E-state index in [1.807, 2.05) is 18.3 Å². The van der Waals surface area contributed by atoms with Gasteiger partial charge in [0.2, 0.25) is 11.8 Å². The fraction of sp³-hybridized carbons (Fsp3) is 0.375. The Bertz CT molecular complexity index is 1290. The standard InChI is InChI=1S/C24H24N6O3/c31-21-5-4-19(23(32)28-21)30-20-12-26-18(16-2-1-3-17(22(16)20)24(30)33)10-14-11-27-29(13-14)15-6-8-25-9-7-15/h1-3,11-13,15,19,25H,4-10H2,(H,28,31,32). The maximum Gasteiger partial charge on any atom is 0.259 e. The second-order valence-electron chi connectivity index (χ2n) is 8.95. The molecule has 3 aromatic rings. The largest absolute Gasteiger partial charge is 0.317 e. The normalized spacial score (nSPS) is 21.2. The molecule has 9 nitrogen and oxygen atoms in total. The average molecular weight is 444 g/mol. The zero-order chi connectivity index (χ0) is 22.5. The molecule has 3 aliphatic rings. The molecule has 3 amide bonds. The number of piperidine rings is 2. The van der Waals surface area contributed by atoms with Gasteiger partial charge in [-0.3, -0.25) is 34.3 Å². The second-order valence-corrected chi connectivity index (χ2v) is 8.95. The van der Waals surface area contributed by atoms with Crippen molar-refractivity contribution in [3.8, 4) is 0 Å². The molecule has 33 heavy (non-hydrogen) atoms. The van der Waals surface area contributed by atoms with Crippen LogP contribution in [0, 0.1) is 0 Å². The number of pyridine rings is 1. The van der Waals surface area contributed by atoms with E-state index in [2.05, 4.69) is 26.6 Å². The van der Waals surface area contributed by atoms with Crippen molar-refractivity contribution in [1.29, 1.82) is 0 Å². The Kier molecular flexibility index (Phi) is 4.72. The van der Waals surface area contributed by atoms with E-state index in [1.165, 1.54) is 4.90 Å². The van der Waals surface area contributed by atoms with E-state index in [0.717, 1.165) is 48.0 Å². The van der Waals surface area contributed by atoms with Crippen LogP contribution in [0.1, 0.15) is 53.3 Å². The first-order chi connectivity index (χ1) is 16.1. The number of nitrogens with one attached hydrogen (secondary N) is 2. The van der Waals surface area contributed by atoms with Crippen LogP contribution in [0.3, 0.4) is 0 Å². The first-order valence-corrected chi connectivity index (χ1v) is 11.4. The SMILES string of the molecule is O=C1CCC(N2C(=O)c3cccc4c(Cc5cnn(C6CCNCC6)c5)ncc2c34)C(=O)N1. The molecule has 3 aliphatic heterocycles. The maximum absolute atomic E-state index is 13.3. The van der Waals surface area contributed by atoms with E-state index in [1.54, 1.807) is 12.3 Å². The van der Waals surface area contributed by atoms with Gasteiger partial charge in [-0.2, -0.15) is 5.10 Å². The molecule has 0 bridgehead atoms. The third-order valence-corrected chi connectivity index (χ3v) is 6.91. The molecular weight excluding hydrogens is 420 g/mol. The molecule has 1 atom stereocenters. The molecule has 168 valence electrons. The Morgan fingerprint density at radius 3 is 2.73 bits per heavy atom. The van der Waals surface area contributed by atoms with Gasteiger partial charge in [0.15, 0.2) is 0 Å². The number of aromatic nitrogens is 3. The zero-order valence-electron chi connectivity index (χ0n) is 18.1. The van der Waals surface area contributed by atoms with Crippen molar-refractivity contribution in [2.75, 3.05) is 18.0 Å². The Labute approximate surface area is 190 Å². The lowest BCUT2D eigenvalue weighted by Gasteiger charge is -2.30. The number of imide groups is 1. The van der Waals surface area contributed by atoms with Crippen LogP contribution in [-0.2, 0) is 16.0 Å². The molecule has 2 N–H and O–H groups in total. The Balaban J connectivity index is 1.34. The number of hydrogen-bond acceptors (Lipinski definition) is 6. The third kappa shape index (κ3) is 3.31. The third-order valence-electron chi connectivity index (χ3n) is 6.91. The molecule has 2 saturated heterocycles. The van der Waals surface area contributed by atoms with Crippen LogP contribution in [0.2, 0.25) is 0 Å². The van der Waals surface area contributed by atoms with Gasteiger partial charge < -0.3 is 5.32 Å². The number of benzene rings is 1. The topological polar surface area (TPSA) is 109 Å². The number of anilines is 1. The average Bonchev–Trinajstić information content (AvgIpc) is 3.41.